The van der Waals surface area contributed by atoms with Gasteiger partial charge in [0.05, 0.1) is 6.04 Å². The first-order valence-electron chi connectivity index (χ1n) is 8.09. The molecule has 23 heavy (non-hydrogen) atoms. The van der Waals surface area contributed by atoms with Crippen LogP contribution in [0.25, 0.3) is 0 Å². The highest BCUT2D eigenvalue weighted by Crippen LogP contribution is 2.32. The summed E-state index contributed by atoms with van der Waals surface area (Å²) in [6.45, 7) is 3.66. The predicted octanol–water partition coefficient (Wildman–Crippen LogP) is 3.50. The van der Waals surface area contributed by atoms with E-state index in [4.69, 9.17) is 0 Å². The topological polar surface area (TPSA) is 23.6 Å². The van der Waals surface area contributed by atoms with Gasteiger partial charge in [-0.3, -0.25) is 9.69 Å². The van der Waals surface area contributed by atoms with Gasteiger partial charge in [-0.1, -0.05) is 40.2 Å². The smallest absolute Gasteiger partial charge is 0.253 e. The van der Waals surface area contributed by atoms with Crippen molar-refractivity contribution in [2.45, 2.75) is 12.5 Å². The Kier molecular flexibility index (Phi) is 3.95. The Balaban J connectivity index is 1.58. The molecule has 0 saturated carbocycles. The standard InChI is InChI=1S/C19H19BrN2O/c20-16-7-5-15(6-8-16)19(23)22-12-11-21-10-9-14-3-1-2-4-17(14)18(21)13-22/h1-8,18H,9-13H2. The van der Waals surface area contributed by atoms with Crippen molar-refractivity contribution in [1.82, 2.24) is 9.80 Å². The van der Waals surface area contributed by atoms with Crippen LogP contribution in [-0.4, -0.2) is 41.9 Å². The molecule has 118 valence electrons. The fourth-order valence-electron chi connectivity index (χ4n) is 3.69. The Morgan fingerprint density at radius 1 is 1.00 bits per heavy atom. The molecule has 1 fully saturated rings. The maximum atomic E-state index is 12.8. The minimum absolute atomic E-state index is 0.139. The van der Waals surface area contributed by atoms with E-state index < -0.39 is 0 Å². The first kappa shape index (κ1) is 14.9. The molecule has 0 aliphatic carbocycles. The van der Waals surface area contributed by atoms with Crippen LogP contribution in [0.2, 0.25) is 0 Å². The zero-order chi connectivity index (χ0) is 15.8. The first-order valence-corrected chi connectivity index (χ1v) is 8.88. The summed E-state index contributed by atoms with van der Waals surface area (Å²) in [5.41, 5.74) is 3.60. The summed E-state index contributed by atoms with van der Waals surface area (Å²) in [7, 11) is 0. The summed E-state index contributed by atoms with van der Waals surface area (Å²) in [6.07, 6.45) is 1.12. The van der Waals surface area contributed by atoms with Gasteiger partial charge in [0.15, 0.2) is 0 Å². The van der Waals surface area contributed by atoms with Crippen LogP contribution in [0.4, 0.5) is 0 Å². The van der Waals surface area contributed by atoms with Gasteiger partial charge >= 0.3 is 0 Å². The lowest BCUT2D eigenvalue weighted by atomic mass is 9.91. The van der Waals surface area contributed by atoms with Crippen molar-refractivity contribution in [3.05, 3.63) is 69.7 Å². The summed E-state index contributed by atoms with van der Waals surface area (Å²) >= 11 is 3.42. The molecule has 3 nitrogen and oxygen atoms in total. The Bertz CT molecular complexity index is 728. The van der Waals surface area contributed by atoms with Gasteiger partial charge in [0.25, 0.3) is 5.91 Å². The zero-order valence-corrected chi connectivity index (χ0v) is 14.5. The fourth-order valence-corrected chi connectivity index (χ4v) is 3.96. The molecule has 0 bridgehead atoms. The molecular formula is C19H19BrN2O. The van der Waals surface area contributed by atoms with Crippen LogP contribution in [0.1, 0.15) is 27.5 Å². The maximum absolute atomic E-state index is 12.8. The summed E-state index contributed by atoms with van der Waals surface area (Å²) in [4.78, 5) is 17.3. The van der Waals surface area contributed by atoms with E-state index in [2.05, 4.69) is 45.1 Å². The van der Waals surface area contributed by atoms with Crippen LogP contribution in [0.3, 0.4) is 0 Å². The summed E-state index contributed by atoms with van der Waals surface area (Å²) in [5, 5.41) is 0. The lowest BCUT2D eigenvalue weighted by Gasteiger charge is -2.44. The number of carbonyl (C=O) groups excluding carboxylic acids is 1. The molecule has 4 heteroatoms. The van der Waals surface area contributed by atoms with Crippen molar-refractivity contribution in [1.29, 1.82) is 0 Å². The second-order valence-corrected chi connectivity index (χ2v) is 7.17. The van der Waals surface area contributed by atoms with Crippen LogP contribution in [0, 0.1) is 0 Å². The molecule has 0 spiro atoms. The summed E-state index contributed by atoms with van der Waals surface area (Å²) < 4.78 is 1.00. The normalized spacial score (nSPS) is 20.7. The average Bonchev–Trinajstić information content (AvgIpc) is 2.61. The molecule has 1 atom stereocenters. The van der Waals surface area contributed by atoms with Crippen molar-refractivity contribution in [3.8, 4) is 0 Å². The quantitative estimate of drug-likeness (QED) is 0.766. The van der Waals surface area contributed by atoms with E-state index in [0.29, 0.717) is 6.04 Å². The molecular weight excluding hydrogens is 352 g/mol. The molecule has 2 aliphatic heterocycles. The average molecular weight is 371 g/mol. The third-order valence-corrected chi connectivity index (χ3v) is 5.48. The number of piperazine rings is 1. The van der Waals surface area contributed by atoms with Crippen molar-refractivity contribution in [2.24, 2.45) is 0 Å². The van der Waals surface area contributed by atoms with Gasteiger partial charge in [-0.25, -0.2) is 0 Å². The van der Waals surface area contributed by atoms with Crippen molar-refractivity contribution in [3.63, 3.8) is 0 Å². The van der Waals surface area contributed by atoms with Crippen molar-refractivity contribution >= 4 is 21.8 Å². The number of amides is 1. The molecule has 2 aromatic rings. The van der Waals surface area contributed by atoms with E-state index in [1.165, 1.54) is 11.1 Å². The minimum atomic E-state index is 0.139. The van der Waals surface area contributed by atoms with E-state index in [0.717, 1.165) is 42.6 Å². The number of hydrogen-bond donors (Lipinski definition) is 0. The Labute approximate surface area is 145 Å². The number of benzene rings is 2. The van der Waals surface area contributed by atoms with Crippen LogP contribution < -0.4 is 0 Å². The van der Waals surface area contributed by atoms with E-state index in [-0.39, 0.29) is 5.91 Å². The third-order valence-electron chi connectivity index (χ3n) is 4.95. The highest BCUT2D eigenvalue weighted by atomic mass is 79.9. The van der Waals surface area contributed by atoms with Gasteiger partial charge in [-0.05, 0) is 41.8 Å². The van der Waals surface area contributed by atoms with Gasteiger partial charge in [0.1, 0.15) is 0 Å². The van der Waals surface area contributed by atoms with Crippen LogP contribution in [0.5, 0.6) is 0 Å². The summed E-state index contributed by atoms with van der Waals surface area (Å²) in [6, 6.07) is 16.7. The molecule has 2 aromatic carbocycles. The van der Waals surface area contributed by atoms with Crippen molar-refractivity contribution < 1.29 is 4.79 Å². The third kappa shape index (κ3) is 2.81. The van der Waals surface area contributed by atoms with E-state index >= 15 is 0 Å². The number of halogens is 1. The molecule has 4 rings (SSSR count). The molecule has 0 N–H and O–H groups in total. The predicted molar refractivity (Wildman–Crippen MR) is 94.5 cm³/mol. The Hall–Kier alpha value is -1.65. The second-order valence-electron chi connectivity index (χ2n) is 6.26. The van der Waals surface area contributed by atoms with Crippen molar-refractivity contribution in [2.75, 3.05) is 26.2 Å². The zero-order valence-electron chi connectivity index (χ0n) is 12.9. The maximum Gasteiger partial charge on any atom is 0.253 e. The SMILES string of the molecule is O=C(c1ccc(Br)cc1)N1CCN2CCc3ccccc3C2C1. The number of carbonyl (C=O) groups is 1. The molecule has 1 saturated heterocycles. The fraction of sp³-hybridized carbons (Fsp3) is 0.316. The van der Waals surface area contributed by atoms with E-state index in [9.17, 15) is 4.79 Å². The molecule has 2 heterocycles. The van der Waals surface area contributed by atoms with E-state index in [1.807, 2.05) is 29.2 Å². The number of nitrogens with zero attached hydrogens (tertiary/aromatic N) is 2. The van der Waals surface area contributed by atoms with Gasteiger partial charge in [-0.2, -0.15) is 0 Å². The molecule has 0 aromatic heterocycles. The van der Waals surface area contributed by atoms with Crippen LogP contribution in [0.15, 0.2) is 53.0 Å². The Morgan fingerprint density at radius 2 is 1.78 bits per heavy atom. The van der Waals surface area contributed by atoms with Gasteiger partial charge in [0, 0.05) is 36.2 Å². The lowest BCUT2D eigenvalue weighted by molar-refractivity contribution is 0.0453. The lowest BCUT2D eigenvalue weighted by Crippen LogP contribution is -2.52. The second kappa shape index (κ2) is 6.10. The van der Waals surface area contributed by atoms with Gasteiger partial charge in [-0.15, -0.1) is 0 Å². The van der Waals surface area contributed by atoms with Crippen LogP contribution >= 0.6 is 15.9 Å². The van der Waals surface area contributed by atoms with Gasteiger partial charge < -0.3 is 4.90 Å². The number of rotatable bonds is 1. The highest BCUT2D eigenvalue weighted by molar-refractivity contribution is 9.10. The largest absolute Gasteiger partial charge is 0.335 e. The van der Waals surface area contributed by atoms with Gasteiger partial charge in [0.2, 0.25) is 0 Å². The molecule has 2 aliphatic rings. The monoisotopic (exact) mass is 370 g/mol. The first-order chi connectivity index (χ1) is 11.2. The Morgan fingerprint density at radius 3 is 2.61 bits per heavy atom. The molecule has 1 unspecified atom stereocenters. The number of hydrogen-bond acceptors (Lipinski definition) is 2. The van der Waals surface area contributed by atoms with Crippen LogP contribution in [-0.2, 0) is 6.42 Å². The van der Waals surface area contributed by atoms with E-state index in [1.54, 1.807) is 0 Å². The molecule has 1 amide bonds. The number of fused-ring (bicyclic) bond motifs is 3. The molecule has 0 radical (unpaired) electrons. The summed E-state index contributed by atoms with van der Waals surface area (Å²) in [5.74, 6) is 0.139. The minimum Gasteiger partial charge on any atom is -0.335 e. The highest BCUT2D eigenvalue weighted by Gasteiger charge is 2.34.